The van der Waals surface area contributed by atoms with Crippen LogP contribution in [0.2, 0.25) is 0 Å². The van der Waals surface area contributed by atoms with E-state index in [0.29, 0.717) is 22.7 Å². The van der Waals surface area contributed by atoms with Crippen molar-refractivity contribution in [3.05, 3.63) is 41.8 Å². The molecule has 0 aliphatic carbocycles. The molecule has 8 heteroatoms. The van der Waals surface area contributed by atoms with Crippen LogP contribution in [-0.2, 0) is 9.53 Å². The third-order valence-corrected chi connectivity index (χ3v) is 3.09. The van der Waals surface area contributed by atoms with Crippen LogP contribution in [0.25, 0.3) is 0 Å². The number of methoxy groups -OCH3 is 1. The standard InChI is InChI=1S/C15H18N4O4/c1-9-12(7-17-23-9)14(20)18-10-3-5-11(6-4-10)19-15(21)13(16)8-22-2/h3-7,13H,8,16H2,1-2H3,(H,18,20)(H,19,21). The van der Waals surface area contributed by atoms with Crippen LogP contribution in [0.1, 0.15) is 16.1 Å². The molecule has 0 spiro atoms. The number of amides is 2. The van der Waals surface area contributed by atoms with Crippen molar-refractivity contribution in [2.24, 2.45) is 5.73 Å². The van der Waals surface area contributed by atoms with Gasteiger partial charge in [-0.15, -0.1) is 0 Å². The van der Waals surface area contributed by atoms with Crippen molar-refractivity contribution in [3.8, 4) is 0 Å². The third kappa shape index (κ3) is 4.38. The minimum atomic E-state index is -0.740. The second-order valence-electron chi connectivity index (χ2n) is 4.88. The highest BCUT2D eigenvalue weighted by Crippen LogP contribution is 2.16. The molecule has 23 heavy (non-hydrogen) atoms. The first kappa shape index (κ1) is 16.7. The van der Waals surface area contributed by atoms with Gasteiger partial charge in [0.15, 0.2) is 0 Å². The normalized spacial score (nSPS) is 11.8. The Bertz CT molecular complexity index is 681. The molecule has 2 aromatic rings. The van der Waals surface area contributed by atoms with E-state index in [0.717, 1.165) is 0 Å². The fourth-order valence-electron chi connectivity index (χ4n) is 1.84. The van der Waals surface area contributed by atoms with Crippen molar-refractivity contribution < 1.29 is 18.8 Å². The number of aromatic nitrogens is 1. The monoisotopic (exact) mass is 318 g/mol. The Morgan fingerprint density at radius 1 is 1.26 bits per heavy atom. The summed E-state index contributed by atoms with van der Waals surface area (Å²) in [5.41, 5.74) is 7.15. The van der Waals surface area contributed by atoms with Crippen LogP contribution in [0.15, 0.2) is 35.0 Å². The first-order chi connectivity index (χ1) is 11.0. The lowest BCUT2D eigenvalue weighted by atomic mass is 10.2. The fourth-order valence-corrected chi connectivity index (χ4v) is 1.84. The van der Waals surface area contributed by atoms with Gasteiger partial charge in [-0.3, -0.25) is 9.59 Å². The molecule has 0 saturated heterocycles. The van der Waals surface area contributed by atoms with E-state index in [4.69, 9.17) is 15.0 Å². The summed E-state index contributed by atoms with van der Waals surface area (Å²) < 4.78 is 9.67. The maximum atomic E-state index is 12.0. The molecule has 122 valence electrons. The average molecular weight is 318 g/mol. The van der Waals surface area contributed by atoms with Gasteiger partial charge in [0.1, 0.15) is 17.4 Å². The van der Waals surface area contributed by atoms with Crippen LogP contribution in [0.5, 0.6) is 0 Å². The van der Waals surface area contributed by atoms with Crippen molar-refractivity contribution in [2.75, 3.05) is 24.4 Å². The summed E-state index contributed by atoms with van der Waals surface area (Å²) in [5.74, 6) is -0.218. The van der Waals surface area contributed by atoms with E-state index in [-0.39, 0.29) is 18.4 Å². The van der Waals surface area contributed by atoms with E-state index >= 15 is 0 Å². The van der Waals surface area contributed by atoms with Gasteiger partial charge < -0.3 is 25.6 Å². The van der Waals surface area contributed by atoms with Crippen LogP contribution in [0.3, 0.4) is 0 Å². The van der Waals surface area contributed by atoms with E-state index in [1.807, 2.05) is 0 Å². The summed E-state index contributed by atoms with van der Waals surface area (Å²) >= 11 is 0. The quantitative estimate of drug-likeness (QED) is 0.735. The number of aryl methyl sites for hydroxylation is 1. The second kappa shape index (κ2) is 7.52. The molecule has 0 saturated carbocycles. The summed E-state index contributed by atoms with van der Waals surface area (Å²) in [6.07, 6.45) is 1.36. The predicted molar refractivity (Wildman–Crippen MR) is 84.1 cm³/mol. The van der Waals surface area contributed by atoms with Gasteiger partial charge in [-0.2, -0.15) is 0 Å². The Balaban J connectivity index is 1.96. The Labute approximate surface area is 133 Å². The number of benzene rings is 1. The van der Waals surface area contributed by atoms with Gasteiger partial charge in [-0.05, 0) is 31.2 Å². The predicted octanol–water partition coefficient (Wildman–Crippen LogP) is 1.15. The molecule has 1 aromatic heterocycles. The van der Waals surface area contributed by atoms with E-state index < -0.39 is 6.04 Å². The second-order valence-corrected chi connectivity index (χ2v) is 4.88. The zero-order valence-corrected chi connectivity index (χ0v) is 12.8. The number of rotatable bonds is 6. The molecule has 4 N–H and O–H groups in total. The van der Waals surface area contributed by atoms with Gasteiger partial charge in [0.25, 0.3) is 5.91 Å². The lowest BCUT2D eigenvalue weighted by Gasteiger charge is -2.11. The largest absolute Gasteiger partial charge is 0.383 e. The number of hydrogen-bond acceptors (Lipinski definition) is 6. The van der Waals surface area contributed by atoms with Gasteiger partial charge in [0, 0.05) is 18.5 Å². The molecular formula is C15H18N4O4. The summed E-state index contributed by atoms with van der Waals surface area (Å²) in [6, 6.07) is 5.91. The molecule has 1 aromatic carbocycles. The summed E-state index contributed by atoms with van der Waals surface area (Å²) in [4.78, 5) is 23.8. The smallest absolute Gasteiger partial charge is 0.260 e. The summed E-state index contributed by atoms with van der Waals surface area (Å²) in [5, 5.41) is 8.93. The molecular weight excluding hydrogens is 300 g/mol. The SMILES string of the molecule is COCC(N)C(=O)Nc1ccc(NC(=O)c2cnoc2C)cc1. The topological polar surface area (TPSA) is 119 Å². The van der Waals surface area contributed by atoms with Crippen LogP contribution >= 0.6 is 0 Å². The molecule has 0 bridgehead atoms. The maximum absolute atomic E-state index is 12.0. The molecule has 8 nitrogen and oxygen atoms in total. The molecule has 2 amide bonds. The zero-order chi connectivity index (χ0) is 16.8. The first-order valence-electron chi connectivity index (χ1n) is 6.89. The van der Waals surface area contributed by atoms with Gasteiger partial charge >= 0.3 is 0 Å². The van der Waals surface area contributed by atoms with Crippen LogP contribution in [0, 0.1) is 6.92 Å². The Morgan fingerprint density at radius 2 is 1.87 bits per heavy atom. The van der Waals surface area contributed by atoms with Gasteiger partial charge in [0.2, 0.25) is 5.91 Å². The fraction of sp³-hybridized carbons (Fsp3) is 0.267. The first-order valence-corrected chi connectivity index (χ1v) is 6.89. The molecule has 0 fully saturated rings. The van der Waals surface area contributed by atoms with Crippen molar-refractivity contribution in [1.82, 2.24) is 5.16 Å². The van der Waals surface area contributed by atoms with Crippen molar-refractivity contribution in [2.45, 2.75) is 13.0 Å². The van der Waals surface area contributed by atoms with E-state index in [1.165, 1.54) is 13.3 Å². The molecule has 2 rings (SSSR count). The minimum absolute atomic E-state index is 0.137. The van der Waals surface area contributed by atoms with Crippen LogP contribution in [-0.4, -0.2) is 36.7 Å². The van der Waals surface area contributed by atoms with Gasteiger partial charge in [0.05, 0.1) is 12.8 Å². The number of nitrogens with one attached hydrogen (secondary N) is 2. The van der Waals surface area contributed by atoms with E-state index in [1.54, 1.807) is 31.2 Å². The molecule has 0 radical (unpaired) electrons. The Hall–Kier alpha value is -2.71. The summed E-state index contributed by atoms with van der Waals surface area (Å²) in [7, 11) is 1.47. The Morgan fingerprint density at radius 3 is 2.39 bits per heavy atom. The third-order valence-electron chi connectivity index (χ3n) is 3.09. The molecule has 1 heterocycles. The number of anilines is 2. The van der Waals surface area contributed by atoms with Crippen LogP contribution in [0.4, 0.5) is 11.4 Å². The van der Waals surface area contributed by atoms with Crippen molar-refractivity contribution in [3.63, 3.8) is 0 Å². The summed E-state index contributed by atoms with van der Waals surface area (Å²) in [6.45, 7) is 1.79. The minimum Gasteiger partial charge on any atom is -0.383 e. The number of carbonyl (C=O) groups is 2. The molecule has 0 aliphatic heterocycles. The Kier molecular flexibility index (Phi) is 5.45. The van der Waals surface area contributed by atoms with E-state index in [2.05, 4.69) is 15.8 Å². The van der Waals surface area contributed by atoms with E-state index in [9.17, 15) is 9.59 Å². The number of hydrogen-bond donors (Lipinski definition) is 3. The average Bonchev–Trinajstić information content (AvgIpc) is 2.95. The number of carbonyl (C=O) groups excluding carboxylic acids is 2. The lowest BCUT2D eigenvalue weighted by Crippen LogP contribution is -2.39. The molecule has 0 aliphatic rings. The van der Waals surface area contributed by atoms with Crippen molar-refractivity contribution in [1.29, 1.82) is 0 Å². The highest BCUT2D eigenvalue weighted by Gasteiger charge is 2.14. The number of nitrogens with zero attached hydrogens (tertiary/aromatic N) is 1. The van der Waals surface area contributed by atoms with Crippen molar-refractivity contribution >= 4 is 23.2 Å². The van der Waals surface area contributed by atoms with Crippen LogP contribution < -0.4 is 16.4 Å². The van der Waals surface area contributed by atoms with Gasteiger partial charge in [-0.25, -0.2) is 0 Å². The molecule has 1 atom stereocenters. The zero-order valence-electron chi connectivity index (χ0n) is 12.8. The number of ether oxygens (including phenoxy) is 1. The number of nitrogens with two attached hydrogens (primary N) is 1. The van der Waals surface area contributed by atoms with Gasteiger partial charge in [-0.1, -0.05) is 5.16 Å². The lowest BCUT2D eigenvalue weighted by molar-refractivity contribution is -0.118. The molecule has 1 unspecified atom stereocenters. The highest BCUT2D eigenvalue weighted by atomic mass is 16.5. The maximum Gasteiger partial charge on any atom is 0.260 e. The highest BCUT2D eigenvalue weighted by molar-refractivity contribution is 6.04.